The number of carbonyl (C=O) groups is 1. The molecule has 3 rings (SSSR count). The SMILES string of the molecule is C[N+]1=NC(C(=O)Nc2ccc(Cc3ccc(F)cc3)cn2)=C[CH]1.[HH]. The van der Waals surface area contributed by atoms with Crippen LogP contribution in [0, 0.1) is 12.4 Å². The van der Waals surface area contributed by atoms with Crippen LogP contribution < -0.4 is 5.32 Å². The Morgan fingerprint density at radius 1 is 1.22 bits per heavy atom. The van der Waals surface area contributed by atoms with Crippen molar-refractivity contribution in [3.63, 3.8) is 0 Å². The minimum atomic E-state index is -0.301. The fourth-order valence-corrected chi connectivity index (χ4v) is 2.16. The van der Waals surface area contributed by atoms with Crippen LogP contribution in [0.25, 0.3) is 0 Å². The van der Waals surface area contributed by atoms with Crippen LogP contribution in [0.15, 0.2) is 59.5 Å². The van der Waals surface area contributed by atoms with Crippen LogP contribution >= 0.6 is 0 Å². The van der Waals surface area contributed by atoms with Gasteiger partial charge in [0.1, 0.15) is 11.6 Å². The Morgan fingerprint density at radius 3 is 2.57 bits per heavy atom. The summed E-state index contributed by atoms with van der Waals surface area (Å²) in [5.41, 5.74) is 2.32. The minimum absolute atomic E-state index is 0. The van der Waals surface area contributed by atoms with E-state index in [1.807, 2.05) is 6.07 Å². The summed E-state index contributed by atoms with van der Waals surface area (Å²) in [6, 6.07) is 9.97. The Labute approximate surface area is 134 Å². The van der Waals surface area contributed by atoms with Gasteiger partial charge in [-0.15, -0.1) is 4.70 Å². The molecule has 2 aromatic rings. The summed E-state index contributed by atoms with van der Waals surface area (Å²) >= 11 is 0. The van der Waals surface area contributed by atoms with Crippen molar-refractivity contribution in [1.29, 1.82) is 0 Å². The van der Waals surface area contributed by atoms with E-state index in [9.17, 15) is 9.18 Å². The molecule has 0 fully saturated rings. The van der Waals surface area contributed by atoms with Crippen LogP contribution in [-0.2, 0) is 11.2 Å². The van der Waals surface area contributed by atoms with E-state index in [1.165, 1.54) is 12.1 Å². The second-order valence-electron chi connectivity index (χ2n) is 5.18. The largest absolute Gasteiger partial charge is 0.305 e. The van der Waals surface area contributed by atoms with Gasteiger partial charge in [0.05, 0.1) is 0 Å². The molecule has 1 aromatic carbocycles. The predicted octanol–water partition coefficient (Wildman–Crippen LogP) is 3.15. The lowest BCUT2D eigenvalue weighted by Gasteiger charge is -2.05. The number of halogens is 1. The van der Waals surface area contributed by atoms with E-state index in [4.69, 9.17) is 0 Å². The number of rotatable bonds is 4. The Balaban J connectivity index is 0.00000208. The summed E-state index contributed by atoms with van der Waals surface area (Å²) in [6.45, 7) is 1.70. The molecule has 1 radical (unpaired) electrons. The maximum absolute atomic E-state index is 12.9. The number of hydrogen-bond donors (Lipinski definition) is 1. The molecule has 0 saturated heterocycles. The Bertz CT molecular complexity index is 785. The predicted molar refractivity (Wildman–Crippen MR) is 85.2 cm³/mol. The van der Waals surface area contributed by atoms with Gasteiger partial charge >= 0.3 is 0 Å². The van der Waals surface area contributed by atoms with Gasteiger partial charge in [-0.2, -0.15) is 0 Å². The summed E-state index contributed by atoms with van der Waals surface area (Å²) in [5, 5.41) is 6.73. The zero-order valence-corrected chi connectivity index (χ0v) is 12.5. The smallest absolute Gasteiger partial charge is 0.281 e. The van der Waals surface area contributed by atoms with Gasteiger partial charge in [0.15, 0.2) is 12.7 Å². The summed E-state index contributed by atoms with van der Waals surface area (Å²) in [5.74, 6) is -0.0904. The first-order valence-corrected chi connectivity index (χ1v) is 7.10. The second-order valence-corrected chi connectivity index (χ2v) is 5.18. The standard InChI is InChI=1S/C17H15FN4O.H2/c1-22-9-8-15(21-22)17(23)20-16-7-4-13(11-19-16)10-12-2-5-14(18)6-3-12;/h2-9,11H,10H2,1H3,(H,19,20,23);1H/q+1;. The van der Waals surface area contributed by atoms with E-state index in [0.29, 0.717) is 17.9 Å². The van der Waals surface area contributed by atoms with Crippen molar-refractivity contribution in [3.05, 3.63) is 77.9 Å². The van der Waals surface area contributed by atoms with Crippen LogP contribution in [0.5, 0.6) is 0 Å². The molecule has 0 bridgehead atoms. The Morgan fingerprint density at radius 2 is 1.96 bits per heavy atom. The highest BCUT2D eigenvalue weighted by atomic mass is 19.1. The number of carbonyl (C=O) groups excluding carboxylic acids is 1. The van der Waals surface area contributed by atoms with Crippen molar-refractivity contribution in [2.24, 2.45) is 5.11 Å². The Kier molecular flexibility index (Phi) is 4.23. The number of hydrogen-bond acceptors (Lipinski definition) is 3. The fourth-order valence-electron chi connectivity index (χ4n) is 2.16. The van der Waals surface area contributed by atoms with Gasteiger partial charge in [0.25, 0.3) is 12.5 Å². The van der Waals surface area contributed by atoms with Gasteiger partial charge in [0.2, 0.25) is 0 Å². The molecule has 23 heavy (non-hydrogen) atoms. The van der Waals surface area contributed by atoms with E-state index in [0.717, 1.165) is 11.1 Å². The molecule has 0 unspecified atom stereocenters. The summed E-state index contributed by atoms with van der Waals surface area (Å²) in [7, 11) is 1.75. The maximum Gasteiger partial charge on any atom is 0.281 e. The number of nitrogens with one attached hydrogen (secondary N) is 1. The number of likely N-dealkylation sites (N-methyl/N-ethyl adjacent to an activating group) is 1. The van der Waals surface area contributed by atoms with E-state index >= 15 is 0 Å². The number of anilines is 1. The molecule has 1 aromatic heterocycles. The number of azo groups is 2. The average molecular weight is 312 g/mol. The third-order valence-corrected chi connectivity index (χ3v) is 3.33. The normalized spacial score (nSPS) is 13.5. The molecule has 2 heterocycles. The van der Waals surface area contributed by atoms with E-state index in [1.54, 1.807) is 48.8 Å². The van der Waals surface area contributed by atoms with Gasteiger partial charge in [-0.25, -0.2) is 9.37 Å². The van der Waals surface area contributed by atoms with Crippen LogP contribution in [0.3, 0.4) is 0 Å². The molecule has 0 spiro atoms. The highest BCUT2D eigenvalue weighted by Crippen LogP contribution is 2.14. The maximum atomic E-state index is 12.9. The molecule has 0 aliphatic carbocycles. The van der Waals surface area contributed by atoms with Crippen molar-refractivity contribution in [2.75, 3.05) is 12.4 Å². The topological polar surface area (TPSA) is 57.4 Å². The molecule has 1 N–H and O–H groups in total. The van der Waals surface area contributed by atoms with Crippen molar-refractivity contribution in [1.82, 2.24) is 4.98 Å². The molecular weight excluding hydrogens is 295 g/mol. The van der Waals surface area contributed by atoms with E-state index in [-0.39, 0.29) is 13.2 Å². The third kappa shape index (κ3) is 3.85. The van der Waals surface area contributed by atoms with Gasteiger partial charge in [-0.05, 0) is 35.7 Å². The summed E-state index contributed by atoms with van der Waals surface area (Å²) < 4.78 is 14.4. The molecule has 1 amide bonds. The zero-order valence-electron chi connectivity index (χ0n) is 12.5. The van der Waals surface area contributed by atoms with Crippen molar-refractivity contribution < 1.29 is 15.3 Å². The van der Waals surface area contributed by atoms with E-state index < -0.39 is 0 Å². The quantitative estimate of drug-likeness (QED) is 0.882. The molecule has 0 saturated carbocycles. The van der Waals surface area contributed by atoms with E-state index in [2.05, 4.69) is 15.4 Å². The fraction of sp³-hybridized carbons (Fsp3) is 0.118. The Hall–Kier alpha value is -2.89. The number of nitrogens with zero attached hydrogens (tertiary/aromatic N) is 3. The zero-order chi connectivity index (χ0) is 16.2. The van der Waals surface area contributed by atoms with Gasteiger partial charge < -0.3 is 5.32 Å². The van der Waals surface area contributed by atoms with Gasteiger partial charge in [0, 0.05) is 18.8 Å². The van der Waals surface area contributed by atoms with Crippen molar-refractivity contribution >= 4 is 11.7 Å². The lowest BCUT2D eigenvalue weighted by molar-refractivity contribution is -0.512. The van der Waals surface area contributed by atoms with Crippen LogP contribution in [-0.4, -0.2) is 22.6 Å². The van der Waals surface area contributed by atoms with Crippen LogP contribution in [0.4, 0.5) is 10.2 Å². The third-order valence-electron chi connectivity index (χ3n) is 3.33. The lowest BCUT2D eigenvalue weighted by atomic mass is 10.1. The highest BCUT2D eigenvalue weighted by Gasteiger charge is 2.20. The molecule has 1 aliphatic heterocycles. The number of pyridine rings is 1. The van der Waals surface area contributed by atoms with Gasteiger partial charge in [-0.1, -0.05) is 18.2 Å². The number of benzene rings is 1. The monoisotopic (exact) mass is 312 g/mol. The van der Waals surface area contributed by atoms with Crippen molar-refractivity contribution in [3.8, 4) is 0 Å². The average Bonchev–Trinajstić information content (AvgIpc) is 2.98. The summed E-state index contributed by atoms with van der Waals surface area (Å²) in [4.78, 5) is 16.2. The number of amides is 1. The first-order valence-electron chi connectivity index (χ1n) is 7.10. The molecule has 1 aliphatic rings. The lowest BCUT2D eigenvalue weighted by Crippen LogP contribution is -2.13. The van der Waals surface area contributed by atoms with Crippen molar-refractivity contribution in [2.45, 2.75) is 6.42 Å². The van der Waals surface area contributed by atoms with Crippen LogP contribution in [0.2, 0.25) is 0 Å². The molecular formula is C17H17FN4O+. The number of aromatic nitrogens is 1. The first kappa shape index (κ1) is 15.0. The first-order chi connectivity index (χ1) is 11.1. The summed E-state index contributed by atoms with van der Waals surface area (Å²) in [6.07, 6.45) is 3.98. The van der Waals surface area contributed by atoms with Gasteiger partial charge in [-0.3, -0.25) is 4.79 Å². The second kappa shape index (κ2) is 6.48. The molecule has 6 heteroatoms. The van der Waals surface area contributed by atoms with Crippen LogP contribution in [0.1, 0.15) is 12.6 Å². The molecule has 0 atom stereocenters. The highest BCUT2D eigenvalue weighted by molar-refractivity contribution is 6.02. The minimum Gasteiger partial charge on any atom is -0.305 e. The molecule has 5 nitrogen and oxygen atoms in total. The molecule has 117 valence electrons.